The molecule has 29 heavy (non-hydrogen) atoms. The van der Waals surface area contributed by atoms with E-state index >= 15 is 0 Å². The van der Waals surface area contributed by atoms with Gasteiger partial charge in [-0.2, -0.15) is 0 Å². The van der Waals surface area contributed by atoms with Crippen LogP contribution in [0.15, 0.2) is 48.7 Å². The third kappa shape index (κ3) is 5.34. The van der Waals surface area contributed by atoms with Crippen molar-refractivity contribution in [3.8, 4) is 17.4 Å². The van der Waals surface area contributed by atoms with E-state index in [1.54, 1.807) is 42.5 Å². The maximum Gasteiger partial charge on any atom is 0.344 e. The number of carbonyl (C=O) groups is 1. The Labute approximate surface area is 172 Å². The van der Waals surface area contributed by atoms with Gasteiger partial charge < -0.3 is 18.9 Å². The first-order valence-corrected chi connectivity index (χ1v) is 9.64. The van der Waals surface area contributed by atoms with Crippen LogP contribution >= 0.6 is 11.6 Å². The van der Waals surface area contributed by atoms with Gasteiger partial charge in [0.05, 0.1) is 23.3 Å². The second-order valence-corrected chi connectivity index (χ2v) is 6.96. The van der Waals surface area contributed by atoms with Gasteiger partial charge in [-0.25, -0.2) is 14.8 Å². The molecule has 0 spiro atoms. The number of esters is 1. The standard InChI is InChI=1S/C21H19ClN2O5/c22-14-3-8-18-19(10-14)23-11-20(24-18)29-16-6-4-15(5-7-16)27-13-21(25)28-12-17-2-1-9-26-17/h3-8,10-11,17H,1-2,9,12-13H2. The van der Waals surface area contributed by atoms with Crippen molar-refractivity contribution < 1.29 is 23.7 Å². The zero-order valence-corrected chi connectivity index (χ0v) is 16.3. The van der Waals surface area contributed by atoms with Crippen LogP contribution < -0.4 is 9.47 Å². The fourth-order valence-corrected chi connectivity index (χ4v) is 3.05. The van der Waals surface area contributed by atoms with Crippen LogP contribution in [0.1, 0.15) is 12.8 Å². The van der Waals surface area contributed by atoms with E-state index in [0.717, 1.165) is 19.4 Å². The summed E-state index contributed by atoms with van der Waals surface area (Å²) in [7, 11) is 0. The van der Waals surface area contributed by atoms with E-state index in [2.05, 4.69) is 9.97 Å². The molecule has 1 aliphatic heterocycles. The monoisotopic (exact) mass is 414 g/mol. The first kappa shape index (κ1) is 19.4. The third-order valence-electron chi connectivity index (χ3n) is 4.34. The Morgan fingerprint density at radius 2 is 1.97 bits per heavy atom. The zero-order valence-electron chi connectivity index (χ0n) is 15.5. The first-order chi connectivity index (χ1) is 14.2. The Morgan fingerprint density at radius 3 is 2.76 bits per heavy atom. The number of nitrogens with zero attached hydrogens (tertiary/aromatic N) is 2. The van der Waals surface area contributed by atoms with Crippen LogP contribution in [0, 0.1) is 0 Å². The molecule has 1 aliphatic rings. The number of halogens is 1. The van der Waals surface area contributed by atoms with Gasteiger partial charge in [0.2, 0.25) is 5.88 Å². The molecule has 7 nitrogen and oxygen atoms in total. The van der Waals surface area contributed by atoms with Crippen molar-refractivity contribution in [1.29, 1.82) is 0 Å². The number of aromatic nitrogens is 2. The molecule has 8 heteroatoms. The molecule has 0 N–H and O–H groups in total. The van der Waals surface area contributed by atoms with Crippen molar-refractivity contribution >= 4 is 28.6 Å². The lowest BCUT2D eigenvalue weighted by atomic mass is 10.2. The number of benzene rings is 2. The summed E-state index contributed by atoms with van der Waals surface area (Å²) >= 11 is 5.95. The molecule has 2 heterocycles. The van der Waals surface area contributed by atoms with Crippen LogP contribution in [0.5, 0.6) is 17.4 Å². The molecule has 1 fully saturated rings. The summed E-state index contributed by atoms with van der Waals surface area (Å²) < 4.78 is 21.7. The SMILES string of the molecule is O=C(COc1ccc(Oc2cnc3cc(Cl)ccc3n2)cc1)OCC1CCCO1. The van der Waals surface area contributed by atoms with Crippen molar-refractivity contribution in [3.63, 3.8) is 0 Å². The normalized spacial score (nSPS) is 16.0. The van der Waals surface area contributed by atoms with E-state index in [0.29, 0.717) is 33.4 Å². The molecule has 1 aromatic heterocycles. The van der Waals surface area contributed by atoms with Gasteiger partial charge in [-0.1, -0.05) is 11.6 Å². The van der Waals surface area contributed by atoms with Gasteiger partial charge in [0.25, 0.3) is 0 Å². The highest BCUT2D eigenvalue weighted by Gasteiger charge is 2.17. The lowest BCUT2D eigenvalue weighted by Gasteiger charge is -2.11. The predicted octanol–water partition coefficient (Wildman–Crippen LogP) is 4.18. The van der Waals surface area contributed by atoms with Gasteiger partial charge in [-0.05, 0) is 55.3 Å². The minimum absolute atomic E-state index is 0.00516. The summed E-state index contributed by atoms with van der Waals surface area (Å²) in [6.45, 7) is 0.839. The number of ether oxygens (including phenoxy) is 4. The fourth-order valence-electron chi connectivity index (χ4n) is 2.89. The predicted molar refractivity (Wildman–Crippen MR) is 106 cm³/mol. The third-order valence-corrected chi connectivity index (χ3v) is 4.57. The van der Waals surface area contributed by atoms with Gasteiger partial charge in [-0.15, -0.1) is 0 Å². The van der Waals surface area contributed by atoms with Gasteiger partial charge in [0.15, 0.2) is 6.61 Å². The van der Waals surface area contributed by atoms with Crippen molar-refractivity contribution in [2.45, 2.75) is 18.9 Å². The maximum atomic E-state index is 11.8. The molecule has 1 unspecified atom stereocenters. The van der Waals surface area contributed by atoms with Gasteiger partial charge in [0.1, 0.15) is 18.1 Å². The van der Waals surface area contributed by atoms with Crippen LogP contribution in [0.25, 0.3) is 11.0 Å². The molecule has 4 rings (SSSR count). The summed E-state index contributed by atoms with van der Waals surface area (Å²) in [6, 6.07) is 12.1. The van der Waals surface area contributed by atoms with Crippen molar-refractivity contribution in [1.82, 2.24) is 9.97 Å². The Balaban J connectivity index is 1.28. The lowest BCUT2D eigenvalue weighted by molar-refractivity contribution is -0.149. The molecular formula is C21H19ClN2O5. The number of rotatable bonds is 7. The first-order valence-electron chi connectivity index (χ1n) is 9.26. The molecule has 0 radical (unpaired) electrons. The summed E-state index contributed by atoms with van der Waals surface area (Å²) in [6.07, 6.45) is 3.47. The Kier molecular flexibility index (Phi) is 6.07. The van der Waals surface area contributed by atoms with Crippen LogP contribution in [0.2, 0.25) is 5.02 Å². The van der Waals surface area contributed by atoms with Crippen LogP contribution in [0.3, 0.4) is 0 Å². The summed E-state index contributed by atoms with van der Waals surface area (Å²) in [5.74, 6) is 1.05. The van der Waals surface area contributed by atoms with Crippen LogP contribution in [0.4, 0.5) is 0 Å². The van der Waals surface area contributed by atoms with Crippen LogP contribution in [-0.2, 0) is 14.3 Å². The van der Waals surface area contributed by atoms with Crippen molar-refractivity contribution in [2.75, 3.05) is 19.8 Å². The second-order valence-electron chi connectivity index (χ2n) is 6.52. The Bertz CT molecular complexity index is 990. The highest BCUT2D eigenvalue weighted by atomic mass is 35.5. The molecule has 0 bridgehead atoms. The van der Waals surface area contributed by atoms with E-state index in [1.165, 1.54) is 6.20 Å². The Morgan fingerprint density at radius 1 is 1.14 bits per heavy atom. The van der Waals surface area contributed by atoms with Gasteiger partial charge in [0, 0.05) is 11.6 Å². The van der Waals surface area contributed by atoms with E-state index in [1.807, 2.05) is 0 Å². The van der Waals surface area contributed by atoms with Gasteiger partial charge in [-0.3, -0.25) is 0 Å². The molecule has 2 aromatic carbocycles. The molecule has 0 aliphatic carbocycles. The fraction of sp³-hybridized carbons (Fsp3) is 0.286. The van der Waals surface area contributed by atoms with E-state index in [4.69, 9.17) is 30.5 Å². The highest BCUT2D eigenvalue weighted by Crippen LogP contribution is 2.24. The Hall–Kier alpha value is -2.90. The lowest BCUT2D eigenvalue weighted by Crippen LogP contribution is -2.21. The molecular weight excluding hydrogens is 396 g/mol. The second kappa shape index (κ2) is 9.07. The number of hydrogen-bond acceptors (Lipinski definition) is 7. The smallest absolute Gasteiger partial charge is 0.344 e. The van der Waals surface area contributed by atoms with E-state index in [9.17, 15) is 4.79 Å². The van der Waals surface area contributed by atoms with E-state index < -0.39 is 5.97 Å². The minimum atomic E-state index is -0.424. The molecule has 1 saturated heterocycles. The summed E-state index contributed by atoms with van der Waals surface area (Å²) in [5.41, 5.74) is 1.38. The molecule has 150 valence electrons. The largest absolute Gasteiger partial charge is 0.482 e. The minimum Gasteiger partial charge on any atom is -0.482 e. The molecule has 0 amide bonds. The molecule has 1 atom stereocenters. The summed E-state index contributed by atoms with van der Waals surface area (Å²) in [4.78, 5) is 20.5. The number of carbonyl (C=O) groups excluding carboxylic acids is 1. The molecule has 0 saturated carbocycles. The topological polar surface area (TPSA) is 79.8 Å². The van der Waals surface area contributed by atoms with Crippen LogP contribution in [-0.4, -0.2) is 41.9 Å². The average Bonchev–Trinajstić information content (AvgIpc) is 3.25. The van der Waals surface area contributed by atoms with Crippen molar-refractivity contribution in [3.05, 3.63) is 53.7 Å². The van der Waals surface area contributed by atoms with Gasteiger partial charge >= 0.3 is 5.97 Å². The van der Waals surface area contributed by atoms with Crippen molar-refractivity contribution in [2.24, 2.45) is 0 Å². The molecule has 3 aromatic rings. The summed E-state index contributed by atoms with van der Waals surface area (Å²) in [5, 5.41) is 0.604. The number of hydrogen-bond donors (Lipinski definition) is 0. The number of fused-ring (bicyclic) bond motifs is 1. The van der Waals surface area contributed by atoms with E-state index in [-0.39, 0.29) is 19.3 Å². The zero-order chi connectivity index (χ0) is 20.1. The average molecular weight is 415 g/mol. The quantitative estimate of drug-likeness (QED) is 0.536. The highest BCUT2D eigenvalue weighted by molar-refractivity contribution is 6.31. The maximum absolute atomic E-state index is 11.8.